The molecular weight excluding hydrogens is 331 g/mol. The second-order valence-electron chi connectivity index (χ2n) is 1.82. The molecule has 1 aromatic heterocycles. The van der Waals surface area contributed by atoms with Gasteiger partial charge in [-0.2, -0.15) is 4.39 Å². The fourth-order valence-electron chi connectivity index (χ4n) is 0.600. The number of hydrogen-bond donors (Lipinski definition) is 0. The minimum absolute atomic E-state index is 0.302. The zero-order valence-electron chi connectivity index (χ0n) is 5.24. The number of alkyl halides is 1. The molecule has 0 radical (unpaired) electrons. The van der Waals surface area contributed by atoms with Crippen molar-refractivity contribution in [1.29, 1.82) is 0 Å². The lowest BCUT2D eigenvalue weighted by molar-refractivity contribution is 0.472. The van der Waals surface area contributed by atoms with Crippen LogP contribution in [0.3, 0.4) is 0 Å². The average Bonchev–Trinajstić information content (AvgIpc) is 1.99. The summed E-state index contributed by atoms with van der Waals surface area (Å²) in [7, 11) is 0. The molecule has 0 amide bonds. The van der Waals surface area contributed by atoms with Gasteiger partial charge < -0.3 is 0 Å². The van der Waals surface area contributed by atoms with E-state index in [1.165, 1.54) is 6.20 Å². The van der Waals surface area contributed by atoms with Gasteiger partial charge in [-0.3, -0.25) is 0 Å². The van der Waals surface area contributed by atoms with Crippen LogP contribution in [-0.4, -0.2) is 4.98 Å². The van der Waals surface area contributed by atoms with E-state index < -0.39 is 11.8 Å². The van der Waals surface area contributed by atoms with Crippen molar-refractivity contribution in [2.75, 3.05) is 0 Å². The lowest BCUT2D eigenvalue weighted by Crippen LogP contribution is -1.97. The van der Waals surface area contributed by atoms with Crippen LogP contribution in [0, 0.1) is 15.3 Å². The molecule has 60 valence electrons. The Balaban J connectivity index is 3.29. The van der Waals surface area contributed by atoms with E-state index in [2.05, 4.69) is 20.9 Å². The third-order valence-electron chi connectivity index (χ3n) is 1.16. The van der Waals surface area contributed by atoms with Crippen LogP contribution in [0.25, 0.3) is 0 Å². The number of halogens is 4. The summed E-state index contributed by atoms with van der Waals surface area (Å²) in [4.78, 5) is 3.22. The molecule has 0 saturated carbocycles. The summed E-state index contributed by atoms with van der Waals surface area (Å²) < 4.78 is 25.8. The lowest BCUT2D eigenvalue weighted by Gasteiger charge is -2.00. The molecule has 0 aromatic carbocycles. The first-order valence-corrected chi connectivity index (χ1v) is 4.91. The predicted molar refractivity (Wildman–Crippen MR) is 49.5 cm³/mol. The van der Waals surface area contributed by atoms with Crippen LogP contribution in [-0.2, 0) is 5.33 Å². The maximum Gasteiger partial charge on any atom is 0.249 e. The zero-order chi connectivity index (χ0) is 8.43. The Kier molecular flexibility index (Phi) is 3.17. The molecule has 0 unspecified atom stereocenters. The van der Waals surface area contributed by atoms with Gasteiger partial charge in [0.1, 0.15) is 0 Å². The first kappa shape index (κ1) is 9.31. The quantitative estimate of drug-likeness (QED) is 0.437. The lowest BCUT2D eigenvalue weighted by atomic mass is 10.3. The van der Waals surface area contributed by atoms with E-state index in [-0.39, 0.29) is 0 Å². The van der Waals surface area contributed by atoms with E-state index in [9.17, 15) is 8.78 Å². The van der Waals surface area contributed by atoms with Crippen LogP contribution in [0.4, 0.5) is 8.78 Å². The predicted octanol–water partition coefficient (Wildman–Crippen LogP) is 2.86. The fraction of sp³-hybridized carbons (Fsp3) is 0.167. The fourth-order valence-corrected chi connectivity index (χ4v) is 2.24. The zero-order valence-corrected chi connectivity index (χ0v) is 8.99. The van der Waals surface area contributed by atoms with Crippen LogP contribution < -0.4 is 0 Å². The number of pyridine rings is 1. The number of hydrogen-bond acceptors (Lipinski definition) is 1. The molecule has 0 aliphatic heterocycles. The van der Waals surface area contributed by atoms with Gasteiger partial charge in [0.15, 0.2) is 5.82 Å². The van der Waals surface area contributed by atoms with E-state index >= 15 is 0 Å². The first-order valence-electron chi connectivity index (χ1n) is 2.71. The van der Waals surface area contributed by atoms with Crippen LogP contribution in [0.5, 0.6) is 0 Å². The Bertz CT molecular complexity index is 280. The molecule has 0 atom stereocenters. The van der Waals surface area contributed by atoms with Crippen molar-refractivity contribution in [3.8, 4) is 0 Å². The Morgan fingerprint density at radius 1 is 1.55 bits per heavy atom. The normalized spacial score (nSPS) is 10.2. The maximum absolute atomic E-state index is 12.8. The van der Waals surface area contributed by atoms with E-state index in [0.717, 1.165) is 0 Å². The number of nitrogens with zero attached hydrogens (tertiary/aromatic N) is 1. The van der Waals surface area contributed by atoms with E-state index in [1.807, 2.05) is 22.6 Å². The van der Waals surface area contributed by atoms with Crippen molar-refractivity contribution < 1.29 is 8.78 Å². The standard InChI is InChI=1S/C6H3BrF2IN/c7-1-3-4(10)2-11-6(9)5(3)8/h2H,1H2. The van der Waals surface area contributed by atoms with Gasteiger partial charge in [0, 0.05) is 20.7 Å². The molecule has 1 rings (SSSR count). The highest BCUT2D eigenvalue weighted by Gasteiger charge is 2.11. The summed E-state index contributed by atoms with van der Waals surface area (Å²) in [5.41, 5.74) is 0.318. The van der Waals surface area contributed by atoms with Crippen molar-refractivity contribution >= 4 is 38.5 Å². The van der Waals surface area contributed by atoms with Crippen LogP contribution in [0.15, 0.2) is 6.20 Å². The van der Waals surface area contributed by atoms with Gasteiger partial charge in [-0.25, -0.2) is 9.37 Å². The molecular formula is C6H3BrF2IN. The van der Waals surface area contributed by atoms with Crippen molar-refractivity contribution in [1.82, 2.24) is 4.98 Å². The summed E-state index contributed by atoms with van der Waals surface area (Å²) in [5, 5.41) is 0.302. The van der Waals surface area contributed by atoms with Crippen LogP contribution in [0.2, 0.25) is 0 Å². The molecule has 1 nitrogen and oxygen atoms in total. The molecule has 5 heteroatoms. The second-order valence-corrected chi connectivity index (χ2v) is 3.55. The monoisotopic (exact) mass is 333 g/mol. The van der Waals surface area contributed by atoms with Gasteiger partial charge in [-0.1, -0.05) is 15.9 Å². The van der Waals surface area contributed by atoms with Gasteiger partial charge >= 0.3 is 0 Å². The summed E-state index contributed by atoms with van der Waals surface area (Å²) in [6.07, 6.45) is 1.30. The van der Waals surface area contributed by atoms with Crippen molar-refractivity contribution in [2.45, 2.75) is 5.33 Å². The second kappa shape index (κ2) is 3.75. The molecule has 1 heterocycles. The summed E-state index contributed by atoms with van der Waals surface area (Å²) in [5.74, 6) is -1.91. The van der Waals surface area contributed by atoms with Crippen LogP contribution >= 0.6 is 38.5 Å². The van der Waals surface area contributed by atoms with Crippen molar-refractivity contribution in [2.24, 2.45) is 0 Å². The third kappa shape index (κ3) is 1.87. The van der Waals surface area contributed by atoms with Gasteiger partial charge in [-0.15, -0.1) is 0 Å². The van der Waals surface area contributed by atoms with Gasteiger partial charge in [-0.05, 0) is 22.6 Å². The Morgan fingerprint density at radius 3 is 2.64 bits per heavy atom. The molecule has 0 N–H and O–H groups in total. The van der Waals surface area contributed by atoms with E-state index in [0.29, 0.717) is 14.5 Å². The van der Waals surface area contributed by atoms with Gasteiger partial charge in [0.05, 0.1) is 0 Å². The number of aromatic nitrogens is 1. The molecule has 0 spiro atoms. The van der Waals surface area contributed by atoms with Crippen molar-refractivity contribution in [3.05, 3.63) is 27.1 Å². The smallest absolute Gasteiger partial charge is 0.225 e. The Hall–Kier alpha value is 0.220. The molecule has 0 saturated heterocycles. The third-order valence-corrected chi connectivity index (χ3v) is 2.65. The number of rotatable bonds is 1. The molecule has 11 heavy (non-hydrogen) atoms. The summed E-state index contributed by atoms with van der Waals surface area (Å²) in [6.45, 7) is 0. The molecule has 1 aromatic rings. The molecule has 0 fully saturated rings. The summed E-state index contributed by atoms with van der Waals surface area (Å²) in [6, 6.07) is 0. The molecule has 0 aliphatic rings. The SMILES string of the molecule is Fc1ncc(I)c(CBr)c1F. The average molecular weight is 334 g/mol. The van der Waals surface area contributed by atoms with Gasteiger partial charge in [0.2, 0.25) is 5.95 Å². The van der Waals surface area contributed by atoms with E-state index in [1.54, 1.807) is 0 Å². The highest BCUT2D eigenvalue weighted by Crippen LogP contribution is 2.18. The Labute approximate surface area is 84.5 Å². The minimum Gasteiger partial charge on any atom is -0.225 e. The van der Waals surface area contributed by atoms with Crippen LogP contribution in [0.1, 0.15) is 5.56 Å². The minimum atomic E-state index is -1.04. The largest absolute Gasteiger partial charge is 0.249 e. The van der Waals surface area contributed by atoms with Gasteiger partial charge in [0.25, 0.3) is 0 Å². The first-order chi connectivity index (χ1) is 5.16. The highest BCUT2D eigenvalue weighted by molar-refractivity contribution is 14.1. The molecule has 0 bridgehead atoms. The van der Waals surface area contributed by atoms with Crippen molar-refractivity contribution in [3.63, 3.8) is 0 Å². The topological polar surface area (TPSA) is 12.9 Å². The Morgan fingerprint density at radius 2 is 2.18 bits per heavy atom. The maximum atomic E-state index is 12.8. The summed E-state index contributed by atoms with van der Waals surface area (Å²) >= 11 is 4.96. The highest BCUT2D eigenvalue weighted by atomic mass is 127. The van der Waals surface area contributed by atoms with E-state index in [4.69, 9.17) is 0 Å². The molecule has 0 aliphatic carbocycles.